The van der Waals surface area contributed by atoms with Crippen LogP contribution in [0, 0.1) is 0 Å². The summed E-state index contributed by atoms with van der Waals surface area (Å²) in [4.78, 5) is 2.26. The highest BCUT2D eigenvalue weighted by Crippen LogP contribution is 2.15. The fourth-order valence-electron chi connectivity index (χ4n) is 4.22. The minimum Gasteiger partial charge on any atom is -0.378 e. The van der Waals surface area contributed by atoms with E-state index in [4.69, 9.17) is 0 Å². The van der Waals surface area contributed by atoms with Crippen LogP contribution in [0.25, 0.3) is 0 Å². The Kier molecular flexibility index (Phi) is 23.1. The molecule has 0 aliphatic rings. The summed E-state index contributed by atoms with van der Waals surface area (Å²) in [6.45, 7) is 8.76. The van der Waals surface area contributed by atoms with Gasteiger partial charge in [0, 0.05) is 13.1 Å². The van der Waals surface area contributed by atoms with Crippen molar-refractivity contribution in [1.82, 2.24) is 4.90 Å². The Hall–Kier alpha value is -0.0800. The molecule has 1 N–H and O–H groups in total. The van der Waals surface area contributed by atoms with Crippen LogP contribution in [0.3, 0.4) is 0 Å². The van der Waals surface area contributed by atoms with Crippen LogP contribution in [0.15, 0.2) is 0 Å². The third kappa shape index (κ3) is 19.2. The van der Waals surface area contributed by atoms with E-state index < -0.39 is 0 Å². The van der Waals surface area contributed by atoms with Gasteiger partial charge in [-0.3, -0.25) is 4.90 Å². The monoisotopic (exact) mass is 397 g/mol. The maximum Gasteiger partial charge on any atom is 0.107 e. The Morgan fingerprint density at radius 1 is 0.464 bits per heavy atom. The van der Waals surface area contributed by atoms with Crippen LogP contribution < -0.4 is 0 Å². The first-order valence-corrected chi connectivity index (χ1v) is 13.2. The van der Waals surface area contributed by atoms with E-state index in [0.29, 0.717) is 0 Å². The number of unbranched alkanes of at least 4 members (excludes halogenated alkanes) is 16. The molecule has 0 spiro atoms. The van der Waals surface area contributed by atoms with E-state index in [-0.39, 0.29) is 6.23 Å². The number of aliphatic hydroxyl groups excluding tert-OH is 1. The molecule has 0 amide bonds. The third-order valence-corrected chi connectivity index (χ3v) is 6.01. The lowest BCUT2D eigenvalue weighted by Crippen LogP contribution is -2.36. The van der Waals surface area contributed by atoms with E-state index in [1.54, 1.807) is 0 Å². The van der Waals surface area contributed by atoms with E-state index in [1.165, 1.54) is 109 Å². The summed E-state index contributed by atoms with van der Waals surface area (Å²) in [5, 5.41) is 10.3. The van der Waals surface area contributed by atoms with Crippen molar-refractivity contribution in [1.29, 1.82) is 0 Å². The van der Waals surface area contributed by atoms with Crippen LogP contribution >= 0.6 is 0 Å². The lowest BCUT2D eigenvalue weighted by atomic mass is 10.0. The summed E-state index contributed by atoms with van der Waals surface area (Å²) < 4.78 is 0. The molecule has 2 heteroatoms. The highest BCUT2D eigenvalue weighted by molar-refractivity contribution is 4.61. The van der Waals surface area contributed by atoms with Crippen LogP contribution in [0.4, 0.5) is 0 Å². The Balaban J connectivity index is 3.25. The van der Waals surface area contributed by atoms with Gasteiger partial charge in [-0.1, -0.05) is 124 Å². The van der Waals surface area contributed by atoms with Gasteiger partial charge in [-0.05, 0) is 25.7 Å². The summed E-state index contributed by atoms with van der Waals surface area (Å²) in [6, 6.07) is 0. The van der Waals surface area contributed by atoms with Crippen molar-refractivity contribution >= 4 is 0 Å². The van der Waals surface area contributed by atoms with E-state index in [9.17, 15) is 5.11 Å². The molecule has 0 aliphatic heterocycles. The molecule has 0 rings (SSSR count). The summed E-state index contributed by atoms with van der Waals surface area (Å²) in [7, 11) is 0. The summed E-state index contributed by atoms with van der Waals surface area (Å²) >= 11 is 0. The van der Waals surface area contributed by atoms with Crippen LogP contribution in [0.5, 0.6) is 0 Å². The quantitative estimate of drug-likeness (QED) is 0.138. The highest BCUT2D eigenvalue weighted by Gasteiger charge is 2.12. The third-order valence-electron chi connectivity index (χ3n) is 6.01. The van der Waals surface area contributed by atoms with Crippen molar-refractivity contribution in [2.75, 3.05) is 13.1 Å². The number of hydrogen-bond acceptors (Lipinski definition) is 2. The molecule has 0 radical (unpaired) electrons. The summed E-state index contributed by atoms with van der Waals surface area (Å²) in [6.07, 6.45) is 27.0. The Labute approximate surface area is 178 Å². The minimum absolute atomic E-state index is 0.212. The molecule has 1 atom stereocenters. The molecular formula is C26H55NO. The van der Waals surface area contributed by atoms with E-state index in [2.05, 4.69) is 25.7 Å². The molecule has 0 heterocycles. The van der Waals surface area contributed by atoms with Crippen molar-refractivity contribution in [3.63, 3.8) is 0 Å². The molecule has 0 bridgehead atoms. The largest absolute Gasteiger partial charge is 0.378 e. The molecule has 170 valence electrons. The van der Waals surface area contributed by atoms with Crippen LogP contribution in [0.2, 0.25) is 0 Å². The molecular weight excluding hydrogens is 342 g/mol. The normalized spacial score (nSPS) is 12.8. The maximum absolute atomic E-state index is 10.3. The van der Waals surface area contributed by atoms with Crippen molar-refractivity contribution in [2.45, 2.75) is 155 Å². The second-order valence-electron chi connectivity index (χ2n) is 8.96. The lowest BCUT2D eigenvalue weighted by molar-refractivity contribution is -0.00409. The van der Waals surface area contributed by atoms with Gasteiger partial charge < -0.3 is 5.11 Å². The van der Waals surface area contributed by atoms with Crippen LogP contribution in [-0.2, 0) is 0 Å². The van der Waals surface area contributed by atoms with Crippen molar-refractivity contribution in [2.24, 2.45) is 0 Å². The van der Waals surface area contributed by atoms with Gasteiger partial charge in [0.2, 0.25) is 0 Å². The van der Waals surface area contributed by atoms with Gasteiger partial charge in [-0.15, -0.1) is 0 Å². The van der Waals surface area contributed by atoms with E-state index >= 15 is 0 Å². The fourth-order valence-corrected chi connectivity index (χ4v) is 4.22. The lowest BCUT2D eigenvalue weighted by Gasteiger charge is -2.27. The van der Waals surface area contributed by atoms with Gasteiger partial charge in [0.1, 0.15) is 6.23 Å². The summed E-state index contributed by atoms with van der Waals surface area (Å²) in [5.41, 5.74) is 0. The molecule has 0 aliphatic carbocycles. The van der Waals surface area contributed by atoms with Crippen LogP contribution in [0.1, 0.15) is 149 Å². The predicted molar refractivity (Wildman–Crippen MR) is 127 cm³/mol. The standard InChI is InChI=1S/C26H55NO/c1-4-7-8-9-10-11-12-13-14-15-16-17-18-19-20-21-22-23-26(28)27(24-5-2)25-6-3/h26,28H,4-25H2,1-3H3. The van der Waals surface area contributed by atoms with Gasteiger partial charge in [0.05, 0.1) is 0 Å². The van der Waals surface area contributed by atoms with Crippen molar-refractivity contribution < 1.29 is 5.11 Å². The molecule has 0 saturated carbocycles. The summed E-state index contributed by atoms with van der Waals surface area (Å²) in [5.74, 6) is 0. The first-order chi connectivity index (χ1) is 13.8. The first-order valence-electron chi connectivity index (χ1n) is 13.2. The number of aliphatic hydroxyl groups is 1. The zero-order valence-electron chi connectivity index (χ0n) is 20.0. The average Bonchev–Trinajstić information content (AvgIpc) is 2.70. The Morgan fingerprint density at radius 3 is 1.11 bits per heavy atom. The molecule has 0 fully saturated rings. The molecule has 0 saturated heterocycles. The highest BCUT2D eigenvalue weighted by atomic mass is 16.3. The van der Waals surface area contributed by atoms with Gasteiger partial charge in [0.25, 0.3) is 0 Å². The Morgan fingerprint density at radius 2 is 0.786 bits per heavy atom. The first kappa shape index (κ1) is 27.9. The van der Waals surface area contributed by atoms with Gasteiger partial charge in [0.15, 0.2) is 0 Å². The zero-order valence-corrected chi connectivity index (χ0v) is 20.0. The fraction of sp³-hybridized carbons (Fsp3) is 1.00. The van der Waals surface area contributed by atoms with Crippen molar-refractivity contribution in [3.05, 3.63) is 0 Å². The second kappa shape index (κ2) is 23.2. The molecule has 0 aromatic rings. The van der Waals surface area contributed by atoms with Crippen molar-refractivity contribution in [3.8, 4) is 0 Å². The van der Waals surface area contributed by atoms with E-state index in [1.807, 2.05) is 0 Å². The van der Waals surface area contributed by atoms with E-state index in [0.717, 1.165) is 32.4 Å². The number of rotatable bonds is 23. The second-order valence-corrected chi connectivity index (χ2v) is 8.96. The molecule has 28 heavy (non-hydrogen) atoms. The minimum atomic E-state index is -0.212. The molecule has 0 aromatic heterocycles. The van der Waals surface area contributed by atoms with Gasteiger partial charge in [-0.2, -0.15) is 0 Å². The SMILES string of the molecule is CCCCCCCCCCCCCCCCCCCC(O)N(CCC)CCC. The molecule has 2 nitrogen and oxygen atoms in total. The number of nitrogens with zero attached hydrogens (tertiary/aromatic N) is 1. The molecule has 0 aromatic carbocycles. The van der Waals surface area contributed by atoms with Gasteiger partial charge in [-0.25, -0.2) is 0 Å². The van der Waals surface area contributed by atoms with Gasteiger partial charge >= 0.3 is 0 Å². The maximum atomic E-state index is 10.3. The Bertz CT molecular complexity index is 276. The number of hydrogen-bond donors (Lipinski definition) is 1. The van der Waals surface area contributed by atoms with Crippen LogP contribution in [-0.4, -0.2) is 29.3 Å². The zero-order chi connectivity index (χ0) is 20.7. The molecule has 1 unspecified atom stereocenters. The topological polar surface area (TPSA) is 23.5 Å². The average molecular weight is 398 g/mol. The smallest absolute Gasteiger partial charge is 0.107 e. The predicted octanol–water partition coefficient (Wildman–Crippen LogP) is 8.47.